The quantitative estimate of drug-likeness (QED) is 0.415. The van der Waals surface area contributed by atoms with Gasteiger partial charge in [-0.3, -0.25) is 9.36 Å². The molecular formula is C22H24N4O2S. The number of allylic oxidation sites excluding steroid dienone is 1. The van der Waals surface area contributed by atoms with Crippen LogP contribution in [-0.2, 0) is 11.3 Å². The van der Waals surface area contributed by atoms with E-state index in [4.69, 9.17) is 4.74 Å². The number of thioether (sulfide) groups is 1. The minimum Gasteiger partial charge on any atom is -0.494 e. The summed E-state index contributed by atoms with van der Waals surface area (Å²) in [5.41, 5.74) is 2.87. The summed E-state index contributed by atoms with van der Waals surface area (Å²) in [6, 6.07) is 15.3. The third kappa shape index (κ3) is 5.26. The number of carbonyl (C=O) groups is 1. The Morgan fingerprint density at radius 1 is 1.21 bits per heavy atom. The van der Waals surface area contributed by atoms with Crippen LogP contribution in [0, 0.1) is 6.92 Å². The number of hydrogen-bond acceptors (Lipinski definition) is 5. The van der Waals surface area contributed by atoms with Crippen molar-refractivity contribution in [2.45, 2.75) is 25.5 Å². The molecule has 6 nitrogen and oxygen atoms in total. The summed E-state index contributed by atoms with van der Waals surface area (Å²) in [7, 11) is 0. The number of hydrogen-bond donors (Lipinski definition) is 1. The van der Waals surface area contributed by atoms with E-state index in [0.717, 1.165) is 28.4 Å². The Morgan fingerprint density at radius 2 is 1.97 bits per heavy atom. The number of rotatable bonds is 9. The molecule has 0 aliphatic carbocycles. The molecule has 1 heterocycles. The summed E-state index contributed by atoms with van der Waals surface area (Å²) in [4.78, 5) is 12.4. The van der Waals surface area contributed by atoms with Crippen molar-refractivity contribution in [3.63, 3.8) is 0 Å². The molecule has 0 aliphatic heterocycles. The summed E-state index contributed by atoms with van der Waals surface area (Å²) >= 11 is 1.35. The van der Waals surface area contributed by atoms with Gasteiger partial charge in [-0.2, -0.15) is 0 Å². The summed E-state index contributed by atoms with van der Waals surface area (Å²) in [5.74, 6) is 1.68. The highest BCUT2D eigenvalue weighted by molar-refractivity contribution is 7.99. The Morgan fingerprint density at radius 3 is 2.66 bits per heavy atom. The number of ether oxygens (including phenoxy) is 1. The van der Waals surface area contributed by atoms with Crippen LogP contribution in [0.4, 0.5) is 5.69 Å². The third-order valence-electron chi connectivity index (χ3n) is 4.20. The second-order valence-corrected chi connectivity index (χ2v) is 7.26. The van der Waals surface area contributed by atoms with E-state index < -0.39 is 0 Å². The van der Waals surface area contributed by atoms with E-state index in [2.05, 4.69) is 22.1 Å². The maximum absolute atomic E-state index is 12.4. The van der Waals surface area contributed by atoms with Crippen LogP contribution < -0.4 is 10.1 Å². The van der Waals surface area contributed by atoms with E-state index in [1.165, 1.54) is 11.8 Å². The first-order chi connectivity index (χ1) is 14.1. The predicted molar refractivity (Wildman–Crippen MR) is 117 cm³/mol. The molecule has 0 atom stereocenters. The van der Waals surface area contributed by atoms with Crippen LogP contribution >= 0.6 is 11.8 Å². The molecule has 0 unspecified atom stereocenters. The maximum atomic E-state index is 12.4. The first-order valence-corrected chi connectivity index (χ1v) is 10.4. The first-order valence-electron chi connectivity index (χ1n) is 9.38. The summed E-state index contributed by atoms with van der Waals surface area (Å²) in [6.07, 6.45) is 1.80. The number of nitrogens with one attached hydrogen (secondary N) is 1. The second-order valence-electron chi connectivity index (χ2n) is 6.31. The number of aryl methyl sites for hydroxylation is 1. The smallest absolute Gasteiger partial charge is 0.234 e. The Balaban J connectivity index is 1.67. The van der Waals surface area contributed by atoms with E-state index in [1.54, 1.807) is 6.08 Å². The molecule has 0 aliphatic rings. The van der Waals surface area contributed by atoms with Gasteiger partial charge in [-0.15, -0.1) is 16.8 Å². The van der Waals surface area contributed by atoms with Crippen LogP contribution in [0.1, 0.15) is 12.5 Å². The number of anilines is 1. The largest absolute Gasteiger partial charge is 0.494 e. The molecule has 7 heteroatoms. The van der Waals surface area contributed by atoms with E-state index in [-0.39, 0.29) is 11.7 Å². The fourth-order valence-corrected chi connectivity index (χ4v) is 3.59. The van der Waals surface area contributed by atoms with Gasteiger partial charge in [-0.25, -0.2) is 0 Å². The molecule has 3 aromatic rings. The van der Waals surface area contributed by atoms with Crippen LogP contribution in [0.15, 0.2) is 66.3 Å². The fourth-order valence-electron chi connectivity index (χ4n) is 2.84. The molecule has 29 heavy (non-hydrogen) atoms. The molecule has 0 fully saturated rings. The lowest BCUT2D eigenvalue weighted by atomic mass is 10.1. The van der Waals surface area contributed by atoms with Crippen molar-refractivity contribution in [2.24, 2.45) is 0 Å². The second kappa shape index (κ2) is 9.93. The van der Waals surface area contributed by atoms with Gasteiger partial charge in [0.05, 0.1) is 12.4 Å². The van der Waals surface area contributed by atoms with Gasteiger partial charge in [0.25, 0.3) is 0 Å². The molecule has 0 radical (unpaired) electrons. The van der Waals surface area contributed by atoms with Gasteiger partial charge >= 0.3 is 0 Å². The standard InChI is InChI=1S/C22H24N4O2S/c1-4-14-26-21(19-9-7-6-8-16(19)3)24-25-22(26)29-15-20(27)23-17-10-12-18(13-11-17)28-5-2/h4,6-13H,1,5,14-15H2,2-3H3,(H,23,27). The SMILES string of the molecule is C=CCn1c(SCC(=O)Nc2ccc(OCC)cc2)nnc1-c1ccccc1C. The lowest BCUT2D eigenvalue weighted by Gasteiger charge is -2.10. The minimum absolute atomic E-state index is 0.107. The van der Waals surface area contributed by atoms with Crippen LogP contribution in [0.3, 0.4) is 0 Å². The number of benzene rings is 2. The lowest BCUT2D eigenvalue weighted by Crippen LogP contribution is -2.14. The van der Waals surface area contributed by atoms with Crippen LogP contribution in [-0.4, -0.2) is 33.0 Å². The summed E-state index contributed by atoms with van der Waals surface area (Å²) < 4.78 is 7.39. The zero-order chi connectivity index (χ0) is 20.6. The predicted octanol–water partition coefficient (Wildman–Crippen LogP) is 4.57. The van der Waals surface area contributed by atoms with Crippen LogP contribution in [0.5, 0.6) is 5.75 Å². The summed E-state index contributed by atoms with van der Waals surface area (Å²) in [6.45, 7) is 8.98. The van der Waals surface area contributed by atoms with Crippen molar-refractivity contribution in [1.29, 1.82) is 0 Å². The van der Waals surface area contributed by atoms with Gasteiger partial charge in [0.15, 0.2) is 11.0 Å². The Bertz CT molecular complexity index is 983. The third-order valence-corrected chi connectivity index (χ3v) is 5.16. The van der Waals surface area contributed by atoms with Crippen LogP contribution in [0.25, 0.3) is 11.4 Å². The molecular weight excluding hydrogens is 384 g/mol. The monoisotopic (exact) mass is 408 g/mol. The highest BCUT2D eigenvalue weighted by Gasteiger charge is 2.16. The minimum atomic E-state index is -0.107. The molecule has 0 bridgehead atoms. The van der Waals surface area contributed by atoms with Crippen molar-refractivity contribution in [2.75, 3.05) is 17.7 Å². The topological polar surface area (TPSA) is 69.0 Å². The van der Waals surface area contributed by atoms with Gasteiger partial charge in [-0.1, -0.05) is 42.1 Å². The maximum Gasteiger partial charge on any atom is 0.234 e. The highest BCUT2D eigenvalue weighted by atomic mass is 32.2. The molecule has 0 saturated carbocycles. The molecule has 3 rings (SSSR count). The fraction of sp³-hybridized carbons (Fsp3) is 0.227. The Kier molecular flexibility index (Phi) is 7.08. The molecule has 2 aromatic carbocycles. The number of nitrogens with zero attached hydrogens (tertiary/aromatic N) is 3. The van der Waals surface area contributed by atoms with E-state index in [9.17, 15) is 4.79 Å². The normalized spacial score (nSPS) is 10.6. The zero-order valence-corrected chi connectivity index (χ0v) is 17.4. The zero-order valence-electron chi connectivity index (χ0n) is 16.6. The Hall–Kier alpha value is -3.06. The first kappa shape index (κ1) is 20.7. The Labute approximate surface area is 175 Å². The molecule has 1 aromatic heterocycles. The van der Waals surface area contributed by atoms with E-state index >= 15 is 0 Å². The number of amides is 1. The van der Waals surface area contributed by atoms with Crippen LogP contribution in [0.2, 0.25) is 0 Å². The average molecular weight is 409 g/mol. The van der Waals surface area contributed by atoms with Crippen molar-refractivity contribution >= 4 is 23.4 Å². The number of carbonyl (C=O) groups excluding carboxylic acids is 1. The number of aromatic nitrogens is 3. The van der Waals surface area contributed by atoms with Gasteiger partial charge in [0.2, 0.25) is 5.91 Å². The summed E-state index contributed by atoms with van der Waals surface area (Å²) in [5, 5.41) is 12.2. The average Bonchev–Trinajstić information content (AvgIpc) is 3.11. The molecule has 1 amide bonds. The van der Waals surface area contributed by atoms with Crippen molar-refractivity contribution < 1.29 is 9.53 Å². The van der Waals surface area contributed by atoms with Crippen molar-refractivity contribution in [3.05, 3.63) is 66.7 Å². The van der Waals surface area contributed by atoms with Gasteiger partial charge < -0.3 is 10.1 Å². The van der Waals surface area contributed by atoms with E-state index in [0.29, 0.717) is 18.3 Å². The van der Waals surface area contributed by atoms with Gasteiger partial charge in [-0.05, 0) is 43.7 Å². The highest BCUT2D eigenvalue weighted by Crippen LogP contribution is 2.26. The van der Waals surface area contributed by atoms with E-state index in [1.807, 2.05) is 66.9 Å². The lowest BCUT2D eigenvalue weighted by molar-refractivity contribution is -0.113. The van der Waals surface area contributed by atoms with Gasteiger partial charge in [0, 0.05) is 17.8 Å². The van der Waals surface area contributed by atoms with Gasteiger partial charge in [0.1, 0.15) is 5.75 Å². The molecule has 150 valence electrons. The van der Waals surface area contributed by atoms with Crippen molar-refractivity contribution in [1.82, 2.24) is 14.8 Å². The van der Waals surface area contributed by atoms with Crippen molar-refractivity contribution in [3.8, 4) is 17.1 Å². The molecule has 0 saturated heterocycles. The molecule has 0 spiro atoms. The molecule has 1 N–H and O–H groups in total.